The van der Waals surface area contributed by atoms with Crippen molar-refractivity contribution in [3.05, 3.63) is 54.1 Å². The Morgan fingerprint density at radius 3 is 2.14 bits per heavy atom. The highest BCUT2D eigenvalue weighted by Crippen LogP contribution is 2.40. The quantitative estimate of drug-likeness (QED) is 0.719. The molecule has 2 aromatic carbocycles. The lowest BCUT2D eigenvalue weighted by molar-refractivity contribution is -0.126. The first-order valence-electron chi connectivity index (χ1n) is 9.24. The topological polar surface area (TPSA) is 51.2 Å². The van der Waals surface area contributed by atoms with Crippen LogP contribution in [0.5, 0.6) is 17.2 Å². The van der Waals surface area contributed by atoms with Gasteiger partial charge in [-0.05, 0) is 30.3 Å². The SMILES string of the molecule is COc1ccc(C=CC(=O)N2CCN(c3ccccc3)CC2)c(OC)c1OC. The zero-order chi connectivity index (χ0) is 19.9. The van der Waals surface area contributed by atoms with E-state index in [2.05, 4.69) is 17.0 Å². The molecule has 6 heteroatoms. The zero-order valence-electron chi connectivity index (χ0n) is 16.6. The van der Waals surface area contributed by atoms with Gasteiger partial charge < -0.3 is 24.0 Å². The maximum Gasteiger partial charge on any atom is 0.246 e. The molecule has 0 spiro atoms. The highest BCUT2D eigenvalue weighted by molar-refractivity contribution is 5.92. The van der Waals surface area contributed by atoms with Crippen LogP contribution in [0.15, 0.2) is 48.5 Å². The normalized spacial score (nSPS) is 14.2. The molecule has 1 amide bonds. The number of para-hydroxylation sites is 1. The molecule has 0 N–H and O–H groups in total. The number of rotatable bonds is 6. The fourth-order valence-corrected chi connectivity index (χ4v) is 3.35. The molecule has 148 valence electrons. The lowest BCUT2D eigenvalue weighted by atomic mass is 10.1. The van der Waals surface area contributed by atoms with Crippen molar-refractivity contribution < 1.29 is 19.0 Å². The molecular weight excluding hydrogens is 356 g/mol. The number of ether oxygens (including phenoxy) is 3. The fourth-order valence-electron chi connectivity index (χ4n) is 3.35. The Morgan fingerprint density at radius 1 is 0.857 bits per heavy atom. The number of hydrogen-bond acceptors (Lipinski definition) is 5. The Labute approximate surface area is 165 Å². The molecule has 3 rings (SSSR count). The largest absolute Gasteiger partial charge is 0.493 e. The lowest BCUT2D eigenvalue weighted by Crippen LogP contribution is -2.48. The Balaban J connectivity index is 1.66. The molecule has 0 aliphatic carbocycles. The molecular formula is C22H26N2O4. The van der Waals surface area contributed by atoms with Gasteiger partial charge in [-0.3, -0.25) is 4.79 Å². The summed E-state index contributed by atoms with van der Waals surface area (Å²) >= 11 is 0. The predicted octanol–water partition coefficient (Wildman–Crippen LogP) is 3.07. The zero-order valence-corrected chi connectivity index (χ0v) is 16.6. The highest BCUT2D eigenvalue weighted by Gasteiger charge is 2.20. The molecule has 6 nitrogen and oxygen atoms in total. The molecule has 1 aliphatic heterocycles. The van der Waals surface area contributed by atoms with Gasteiger partial charge in [0.2, 0.25) is 11.7 Å². The summed E-state index contributed by atoms with van der Waals surface area (Å²) in [5, 5.41) is 0. The summed E-state index contributed by atoms with van der Waals surface area (Å²) in [6, 6.07) is 13.9. The second kappa shape index (κ2) is 9.17. The predicted molar refractivity (Wildman–Crippen MR) is 110 cm³/mol. The van der Waals surface area contributed by atoms with E-state index in [1.165, 1.54) is 5.69 Å². The van der Waals surface area contributed by atoms with Crippen LogP contribution in [0.4, 0.5) is 5.69 Å². The Bertz CT molecular complexity index is 828. The summed E-state index contributed by atoms with van der Waals surface area (Å²) in [7, 11) is 4.70. The first kappa shape index (κ1) is 19.6. The molecule has 1 heterocycles. The average Bonchev–Trinajstić information content (AvgIpc) is 2.77. The number of hydrogen-bond donors (Lipinski definition) is 0. The third-order valence-corrected chi connectivity index (χ3v) is 4.85. The van der Waals surface area contributed by atoms with Crippen LogP contribution in [0.3, 0.4) is 0 Å². The molecule has 0 radical (unpaired) electrons. The molecule has 0 saturated carbocycles. The minimum Gasteiger partial charge on any atom is -0.493 e. The maximum atomic E-state index is 12.6. The number of carbonyl (C=O) groups is 1. The summed E-state index contributed by atoms with van der Waals surface area (Å²) < 4.78 is 16.1. The molecule has 0 unspecified atom stereocenters. The summed E-state index contributed by atoms with van der Waals surface area (Å²) in [5.74, 6) is 1.63. The minimum absolute atomic E-state index is 0.00968. The van der Waals surface area contributed by atoms with Crippen LogP contribution >= 0.6 is 0 Å². The smallest absolute Gasteiger partial charge is 0.246 e. The second-order valence-corrected chi connectivity index (χ2v) is 6.40. The van der Waals surface area contributed by atoms with Gasteiger partial charge in [-0.1, -0.05) is 18.2 Å². The van der Waals surface area contributed by atoms with E-state index in [0.29, 0.717) is 30.3 Å². The van der Waals surface area contributed by atoms with Crippen LogP contribution in [0.2, 0.25) is 0 Å². The van der Waals surface area contributed by atoms with Gasteiger partial charge in [0.1, 0.15) is 0 Å². The fraction of sp³-hybridized carbons (Fsp3) is 0.318. The molecule has 1 saturated heterocycles. The number of amides is 1. The van der Waals surface area contributed by atoms with E-state index in [9.17, 15) is 4.79 Å². The number of carbonyl (C=O) groups excluding carboxylic acids is 1. The number of anilines is 1. The van der Waals surface area contributed by atoms with E-state index in [1.807, 2.05) is 29.2 Å². The van der Waals surface area contributed by atoms with Crippen LogP contribution in [0, 0.1) is 0 Å². The Hall–Kier alpha value is -3.15. The molecule has 2 aromatic rings. The number of piperazine rings is 1. The van der Waals surface area contributed by atoms with E-state index in [4.69, 9.17) is 14.2 Å². The summed E-state index contributed by atoms with van der Waals surface area (Å²) in [4.78, 5) is 16.8. The van der Waals surface area contributed by atoms with Crippen LogP contribution in [0.1, 0.15) is 5.56 Å². The van der Waals surface area contributed by atoms with Gasteiger partial charge in [-0.2, -0.15) is 0 Å². The van der Waals surface area contributed by atoms with E-state index in [-0.39, 0.29) is 5.91 Å². The van der Waals surface area contributed by atoms with Crippen molar-refractivity contribution in [1.82, 2.24) is 4.90 Å². The van der Waals surface area contributed by atoms with E-state index >= 15 is 0 Å². The van der Waals surface area contributed by atoms with Gasteiger partial charge in [0, 0.05) is 43.5 Å². The van der Waals surface area contributed by atoms with Crippen LogP contribution in [0.25, 0.3) is 6.08 Å². The molecule has 0 aromatic heterocycles. The number of nitrogens with zero attached hydrogens (tertiary/aromatic N) is 2. The van der Waals surface area contributed by atoms with E-state index in [1.54, 1.807) is 39.5 Å². The van der Waals surface area contributed by atoms with Crippen molar-refractivity contribution >= 4 is 17.7 Å². The van der Waals surface area contributed by atoms with Gasteiger partial charge in [0.15, 0.2) is 11.5 Å². The van der Waals surface area contributed by atoms with Crippen LogP contribution < -0.4 is 19.1 Å². The second-order valence-electron chi connectivity index (χ2n) is 6.40. The monoisotopic (exact) mass is 382 g/mol. The van der Waals surface area contributed by atoms with Crippen molar-refractivity contribution in [2.75, 3.05) is 52.4 Å². The Kier molecular flexibility index (Phi) is 6.42. The first-order chi connectivity index (χ1) is 13.7. The average molecular weight is 382 g/mol. The van der Waals surface area contributed by atoms with Crippen LogP contribution in [-0.4, -0.2) is 58.3 Å². The third kappa shape index (κ3) is 4.22. The van der Waals surface area contributed by atoms with Crippen molar-refractivity contribution in [2.45, 2.75) is 0 Å². The lowest BCUT2D eigenvalue weighted by Gasteiger charge is -2.35. The third-order valence-electron chi connectivity index (χ3n) is 4.85. The van der Waals surface area contributed by atoms with Crippen LogP contribution in [-0.2, 0) is 4.79 Å². The summed E-state index contributed by atoms with van der Waals surface area (Å²) in [6.45, 7) is 3.04. The van der Waals surface area contributed by atoms with Gasteiger partial charge in [0.05, 0.1) is 21.3 Å². The minimum atomic E-state index is -0.00968. The highest BCUT2D eigenvalue weighted by atomic mass is 16.5. The van der Waals surface area contributed by atoms with Crippen molar-refractivity contribution in [3.63, 3.8) is 0 Å². The number of methoxy groups -OCH3 is 3. The van der Waals surface area contributed by atoms with Gasteiger partial charge >= 0.3 is 0 Å². The van der Waals surface area contributed by atoms with E-state index < -0.39 is 0 Å². The van der Waals surface area contributed by atoms with Crippen molar-refractivity contribution in [2.24, 2.45) is 0 Å². The molecule has 1 fully saturated rings. The first-order valence-corrected chi connectivity index (χ1v) is 9.24. The Morgan fingerprint density at radius 2 is 1.54 bits per heavy atom. The van der Waals surface area contributed by atoms with Crippen molar-refractivity contribution in [1.29, 1.82) is 0 Å². The standard InChI is InChI=1S/C22H26N2O4/c1-26-19-11-9-17(21(27-2)22(19)28-3)10-12-20(25)24-15-13-23(14-16-24)18-7-5-4-6-8-18/h4-12H,13-16H2,1-3H3. The summed E-state index contributed by atoms with van der Waals surface area (Å²) in [5.41, 5.74) is 1.96. The van der Waals surface area contributed by atoms with Gasteiger partial charge in [-0.15, -0.1) is 0 Å². The maximum absolute atomic E-state index is 12.6. The molecule has 0 bridgehead atoms. The molecule has 0 atom stereocenters. The van der Waals surface area contributed by atoms with Crippen molar-refractivity contribution in [3.8, 4) is 17.2 Å². The molecule has 1 aliphatic rings. The molecule has 28 heavy (non-hydrogen) atoms. The van der Waals surface area contributed by atoms with Gasteiger partial charge in [-0.25, -0.2) is 0 Å². The summed E-state index contributed by atoms with van der Waals surface area (Å²) in [6.07, 6.45) is 3.34. The van der Waals surface area contributed by atoms with E-state index in [0.717, 1.165) is 18.7 Å². The number of benzene rings is 2. The van der Waals surface area contributed by atoms with Gasteiger partial charge in [0.25, 0.3) is 0 Å².